The summed E-state index contributed by atoms with van der Waals surface area (Å²) in [5.74, 6) is 3.34. The van der Waals surface area contributed by atoms with Gasteiger partial charge in [-0.3, -0.25) is 0 Å². The average molecular weight is 353 g/mol. The average Bonchev–Trinajstić information content (AvgIpc) is 2.36. The van der Waals surface area contributed by atoms with Crippen LogP contribution in [0.3, 0.4) is 0 Å². The van der Waals surface area contributed by atoms with Gasteiger partial charge in [0.2, 0.25) is 0 Å². The van der Waals surface area contributed by atoms with E-state index in [2.05, 4.69) is 66.1 Å². The molecule has 1 N–H and O–H groups in total. The molecule has 1 rings (SSSR count). The zero-order chi connectivity index (χ0) is 15.9. The molecule has 0 aliphatic carbocycles. The number of nitrogens with one attached hydrogen (secondary N) is 1. The summed E-state index contributed by atoms with van der Waals surface area (Å²) in [6.07, 6.45) is 5.26. The second-order valence-electron chi connectivity index (χ2n) is 6.25. The second-order valence-corrected chi connectivity index (χ2v) is 7.17. The SMILES string of the molecule is C#CCOc1ccc(Br)cc1CNCC(C)(C)CN(C)C. The Bertz CT molecular complexity index is 492. The lowest BCUT2D eigenvalue weighted by Gasteiger charge is -2.28. The van der Waals surface area contributed by atoms with Crippen molar-refractivity contribution < 1.29 is 4.74 Å². The molecule has 0 spiro atoms. The third-order valence-electron chi connectivity index (χ3n) is 3.00. The van der Waals surface area contributed by atoms with Gasteiger partial charge in [0, 0.05) is 29.7 Å². The first-order valence-electron chi connectivity index (χ1n) is 7.04. The zero-order valence-electron chi connectivity index (χ0n) is 13.4. The van der Waals surface area contributed by atoms with E-state index in [4.69, 9.17) is 11.2 Å². The predicted molar refractivity (Wildman–Crippen MR) is 92.5 cm³/mol. The number of benzene rings is 1. The van der Waals surface area contributed by atoms with Crippen LogP contribution in [0.1, 0.15) is 19.4 Å². The van der Waals surface area contributed by atoms with Crippen molar-refractivity contribution in [1.82, 2.24) is 10.2 Å². The molecule has 0 amide bonds. The van der Waals surface area contributed by atoms with E-state index in [0.29, 0.717) is 6.61 Å². The van der Waals surface area contributed by atoms with Crippen LogP contribution < -0.4 is 10.1 Å². The molecule has 0 aromatic heterocycles. The number of ether oxygens (including phenoxy) is 1. The molecule has 3 nitrogen and oxygen atoms in total. The molecular formula is C17H25BrN2O. The van der Waals surface area contributed by atoms with Gasteiger partial charge in [-0.15, -0.1) is 6.42 Å². The van der Waals surface area contributed by atoms with Crippen molar-refractivity contribution >= 4 is 15.9 Å². The molecule has 0 saturated heterocycles. The fourth-order valence-corrected chi connectivity index (χ4v) is 2.80. The predicted octanol–water partition coefficient (Wildman–Crippen LogP) is 3.14. The maximum Gasteiger partial charge on any atom is 0.148 e. The summed E-state index contributed by atoms with van der Waals surface area (Å²) in [5, 5.41) is 3.51. The lowest BCUT2D eigenvalue weighted by Crippen LogP contribution is -2.37. The van der Waals surface area contributed by atoms with E-state index in [9.17, 15) is 0 Å². The highest BCUT2D eigenvalue weighted by Gasteiger charge is 2.18. The van der Waals surface area contributed by atoms with Gasteiger partial charge in [0.25, 0.3) is 0 Å². The first kappa shape index (κ1) is 18.0. The van der Waals surface area contributed by atoms with E-state index in [1.54, 1.807) is 0 Å². The van der Waals surface area contributed by atoms with E-state index in [-0.39, 0.29) is 5.41 Å². The fraction of sp³-hybridized carbons (Fsp3) is 0.529. The van der Waals surface area contributed by atoms with Crippen molar-refractivity contribution in [1.29, 1.82) is 0 Å². The van der Waals surface area contributed by atoms with Gasteiger partial charge in [-0.25, -0.2) is 0 Å². The Morgan fingerprint density at radius 2 is 2.10 bits per heavy atom. The molecule has 21 heavy (non-hydrogen) atoms. The molecule has 0 aliphatic rings. The van der Waals surface area contributed by atoms with Gasteiger partial charge >= 0.3 is 0 Å². The highest BCUT2D eigenvalue weighted by molar-refractivity contribution is 9.10. The molecule has 1 aromatic rings. The summed E-state index contributed by atoms with van der Waals surface area (Å²) in [6, 6.07) is 5.98. The van der Waals surface area contributed by atoms with E-state index < -0.39 is 0 Å². The Morgan fingerprint density at radius 1 is 1.38 bits per heavy atom. The van der Waals surface area contributed by atoms with Crippen LogP contribution in [0.4, 0.5) is 0 Å². The molecule has 0 fully saturated rings. The Hall–Kier alpha value is -1.02. The van der Waals surface area contributed by atoms with E-state index in [1.165, 1.54) is 0 Å². The molecule has 0 radical (unpaired) electrons. The van der Waals surface area contributed by atoms with Crippen LogP contribution in [0, 0.1) is 17.8 Å². The third kappa shape index (κ3) is 6.99. The standard InChI is InChI=1S/C17H25BrN2O/c1-6-9-21-16-8-7-15(18)10-14(16)11-19-12-17(2,3)13-20(4)5/h1,7-8,10,19H,9,11-13H2,2-5H3. The van der Waals surface area contributed by atoms with Crippen molar-refractivity contribution in [3.05, 3.63) is 28.2 Å². The molecule has 0 saturated carbocycles. The summed E-state index contributed by atoms with van der Waals surface area (Å²) in [7, 11) is 4.20. The van der Waals surface area contributed by atoms with Gasteiger partial charge in [-0.05, 0) is 37.7 Å². The van der Waals surface area contributed by atoms with E-state index in [1.807, 2.05) is 12.1 Å². The zero-order valence-corrected chi connectivity index (χ0v) is 15.0. The number of rotatable bonds is 8. The van der Waals surface area contributed by atoms with Gasteiger partial charge < -0.3 is 15.0 Å². The minimum absolute atomic E-state index is 0.218. The van der Waals surface area contributed by atoms with Gasteiger partial charge in [0.05, 0.1) is 0 Å². The lowest BCUT2D eigenvalue weighted by molar-refractivity contribution is 0.232. The number of hydrogen-bond acceptors (Lipinski definition) is 3. The minimum Gasteiger partial charge on any atom is -0.481 e. The monoisotopic (exact) mass is 352 g/mol. The van der Waals surface area contributed by atoms with Crippen LogP contribution in [-0.4, -0.2) is 38.7 Å². The number of nitrogens with zero attached hydrogens (tertiary/aromatic N) is 1. The minimum atomic E-state index is 0.218. The molecular weight excluding hydrogens is 328 g/mol. The highest BCUT2D eigenvalue weighted by Crippen LogP contribution is 2.23. The number of halogens is 1. The van der Waals surface area contributed by atoms with Crippen LogP contribution in [0.15, 0.2) is 22.7 Å². The van der Waals surface area contributed by atoms with Crippen LogP contribution in [0.25, 0.3) is 0 Å². The third-order valence-corrected chi connectivity index (χ3v) is 3.49. The largest absolute Gasteiger partial charge is 0.481 e. The van der Waals surface area contributed by atoms with Crippen LogP contribution in [-0.2, 0) is 6.54 Å². The van der Waals surface area contributed by atoms with Crippen LogP contribution in [0.2, 0.25) is 0 Å². The van der Waals surface area contributed by atoms with Crippen molar-refractivity contribution in [2.75, 3.05) is 33.8 Å². The maximum absolute atomic E-state index is 5.58. The Kier molecular flexibility index (Phi) is 7.24. The van der Waals surface area contributed by atoms with E-state index >= 15 is 0 Å². The molecule has 0 heterocycles. The number of hydrogen-bond donors (Lipinski definition) is 1. The fourth-order valence-electron chi connectivity index (χ4n) is 2.39. The van der Waals surface area contributed by atoms with Crippen molar-refractivity contribution in [3.8, 4) is 18.1 Å². The van der Waals surface area contributed by atoms with Crippen molar-refractivity contribution in [2.24, 2.45) is 5.41 Å². The smallest absolute Gasteiger partial charge is 0.148 e. The van der Waals surface area contributed by atoms with Gasteiger partial charge in [-0.1, -0.05) is 35.7 Å². The molecule has 116 valence electrons. The Morgan fingerprint density at radius 3 is 2.71 bits per heavy atom. The Labute approximate surface area is 137 Å². The molecule has 0 unspecified atom stereocenters. The lowest BCUT2D eigenvalue weighted by atomic mass is 9.93. The Balaban J connectivity index is 2.62. The summed E-state index contributed by atoms with van der Waals surface area (Å²) >= 11 is 3.50. The number of terminal acetylenes is 1. The molecule has 1 aromatic carbocycles. The van der Waals surface area contributed by atoms with Gasteiger partial charge in [-0.2, -0.15) is 0 Å². The highest BCUT2D eigenvalue weighted by atomic mass is 79.9. The normalized spacial score (nSPS) is 11.5. The molecule has 0 aliphatic heterocycles. The van der Waals surface area contributed by atoms with Gasteiger partial charge in [0.15, 0.2) is 0 Å². The molecule has 0 atom stereocenters. The van der Waals surface area contributed by atoms with E-state index in [0.717, 1.165) is 35.4 Å². The quantitative estimate of drug-likeness (QED) is 0.727. The van der Waals surface area contributed by atoms with Gasteiger partial charge in [0.1, 0.15) is 12.4 Å². The molecule has 4 heteroatoms. The maximum atomic E-state index is 5.58. The van der Waals surface area contributed by atoms with Crippen molar-refractivity contribution in [3.63, 3.8) is 0 Å². The summed E-state index contributed by atoms with van der Waals surface area (Å²) in [6.45, 7) is 7.55. The molecule has 0 bridgehead atoms. The van der Waals surface area contributed by atoms with Crippen LogP contribution in [0.5, 0.6) is 5.75 Å². The first-order chi connectivity index (χ1) is 9.84. The van der Waals surface area contributed by atoms with Crippen molar-refractivity contribution in [2.45, 2.75) is 20.4 Å². The summed E-state index contributed by atoms with van der Waals surface area (Å²) in [4.78, 5) is 2.21. The summed E-state index contributed by atoms with van der Waals surface area (Å²) in [5.41, 5.74) is 1.33. The summed E-state index contributed by atoms with van der Waals surface area (Å²) < 4.78 is 6.62. The first-order valence-corrected chi connectivity index (χ1v) is 7.83. The topological polar surface area (TPSA) is 24.5 Å². The second kappa shape index (κ2) is 8.43. The van der Waals surface area contributed by atoms with Crippen LogP contribution >= 0.6 is 15.9 Å².